The summed E-state index contributed by atoms with van der Waals surface area (Å²) in [6, 6.07) is 5.72. The molecule has 12 heavy (non-hydrogen) atoms. The van der Waals surface area contributed by atoms with E-state index >= 15 is 0 Å². The van der Waals surface area contributed by atoms with Gasteiger partial charge in [-0.15, -0.1) is 0 Å². The third-order valence-corrected chi connectivity index (χ3v) is 1.82. The van der Waals surface area contributed by atoms with Crippen molar-refractivity contribution in [2.75, 3.05) is 0 Å². The lowest BCUT2D eigenvalue weighted by Gasteiger charge is -1.99. The highest BCUT2D eigenvalue weighted by molar-refractivity contribution is 5.64. The first-order valence-corrected chi connectivity index (χ1v) is 3.79. The number of aliphatic carboxylic acids is 1. The van der Waals surface area contributed by atoms with Gasteiger partial charge in [0, 0.05) is 26.0 Å². The van der Waals surface area contributed by atoms with Gasteiger partial charge < -0.3 is 5.11 Å². The van der Waals surface area contributed by atoms with Gasteiger partial charge in [0.05, 0.1) is 0 Å². The van der Waals surface area contributed by atoms with E-state index in [2.05, 4.69) is 0 Å². The Balaban J connectivity index is 3.04. The van der Waals surface area contributed by atoms with Gasteiger partial charge in [0.1, 0.15) is 0 Å². The zero-order valence-corrected chi connectivity index (χ0v) is 7.24. The summed E-state index contributed by atoms with van der Waals surface area (Å²) in [6.45, 7) is 3.84. The first-order valence-electron chi connectivity index (χ1n) is 3.79. The van der Waals surface area contributed by atoms with Gasteiger partial charge in [-0.05, 0) is 6.07 Å². The largest absolute Gasteiger partial charge is 0.477 e. The highest BCUT2D eigenvalue weighted by Gasteiger charge is 2.12. The summed E-state index contributed by atoms with van der Waals surface area (Å²) >= 11 is 0. The first-order chi connectivity index (χ1) is 5.61. The van der Waals surface area contributed by atoms with Crippen molar-refractivity contribution in [2.45, 2.75) is 20.4 Å². The number of rotatable bonds is 2. The van der Waals surface area contributed by atoms with Crippen LogP contribution >= 0.6 is 0 Å². The third-order valence-electron chi connectivity index (χ3n) is 1.82. The van der Waals surface area contributed by atoms with Gasteiger partial charge in [-0.1, -0.05) is 0 Å². The number of hydrogen-bond acceptors (Lipinski definition) is 1. The summed E-state index contributed by atoms with van der Waals surface area (Å²) in [5.74, 6) is -0.808. The lowest BCUT2D eigenvalue weighted by atomic mass is 10.3. The molecule has 0 aromatic carbocycles. The Kier molecular flexibility index (Phi) is 2.43. The lowest BCUT2D eigenvalue weighted by molar-refractivity contribution is -0.697. The molecule has 0 spiro atoms. The second kappa shape index (κ2) is 3.34. The molecule has 0 saturated carbocycles. The van der Waals surface area contributed by atoms with Crippen LogP contribution in [0.3, 0.4) is 0 Å². The van der Waals surface area contributed by atoms with Crippen molar-refractivity contribution >= 4 is 5.97 Å². The fourth-order valence-corrected chi connectivity index (χ4v) is 1.17. The van der Waals surface area contributed by atoms with E-state index < -0.39 is 5.97 Å². The Labute approximate surface area is 71.3 Å². The second-order valence-corrected chi connectivity index (χ2v) is 2.79. The Morgan fingerprint density at radius 2 is 1.92 bits per heavy atom. The highest BCUT2D eigenvalue weighted by atomic mass is 16.4. The average Bonchev–Trinajstić information content (AvgIpc) is 1.97. The minimum absolute atomic E-state index is 0.0402. The molecule has 0 aliphatic rings. The molecule has 0 saturated heterocycles. The molecular formula is C9H12NO2+. The van der Waals surface area contributed by atoms with E-state index in [0.29, 0.717) is 0 Å². The maximum absolute atomic E-state index is 10.5. The quantitative estimate of drug-likeness (QED) is 0.656. The van der Waals surface area contributed by atoms with Gasteiger partial charge >= 0.3 is 5.97 Å². The monoisotopic (exact) mass is 166 g/mol. The van der Waals surface area contributed by atoms with Gasteiger partial charge in [-0.25, -0.2) is 4.79 Å². The summed E-state index contributed by atoms with van der Waals surface area (Å²) in [5.41, 5.74) is 1.94. The van der Waals surface area contributed by atoms with Crippen LogP contribution < -0.4 is 4.57 Å². The lowest BCUT2D eigenvalue weighted by Crippen LogP contribution is -2.43. The van der Waals surface area contributed by atoms with Gasteiger partial charge in [0.15, 0.2) is 11.4 Å². The standard InChI is InChI=1S/C9H11NO2/c1-7-4-3-5-8(2)10(7)6-9(11)12/h3-5H,6H2,1-2H3/p+1. The number of carboxylic acid groups (broad SMARTS) is 1. The Morgan fingerprint density at radius 1 is 1.42 bits per heavy atom. The van der Waals surface area contributed by atoms with Crippen LogP contribution in [0.15, 0.2) is 18.2 Å². The smallest absolute Gasteiger partial charge is 0.370 e. The molecule has 0 radical (unpaired) electrons. The molecular weight excluding hydrogens is 154 g/mol. The Hall–Kier alpha value is -1.38. The topological polar surface area (TPSA) is 41.2 Å². The number of carbonyl (C=O) groups is 1. The van der Waals surface area contributed by atoms with Crippen LogP contribution in [-0.2, 0) is 11.3 Å². The van der Waals surface area contributed by atoms with Crippen molar-refractivity contribution in [1.29, 1.82) is 0 Å². The average molecular weight is 166 g/mol. The van der Waals surface area contributed by atoms with Gasteiger partial charge in [0.2, 0.25) is 6.54 Å². The highest BCUT2D eigenvalue weighted by Crippen LogP contribution is 1.93. The zero-order valence-electron chi connectivity index (χ0n) is 7.24. The molecule has 1 aromatic rings. The van der Waals surface area contributed by atoms with Crippen molar-refractivity contribution in [1.82, 2.24) is 0 Å². The number of nitrogens with zero attached hydrogens (tertiary/aromatic N) is 1. The molecule has 3 nitrogen and oxygen atoms in total. The van der Waals surface area contributed by atoms with E-state index in [9.17, 15) is 4.79 Å². The van der Waals surface area contributed by atoms with Crippen LogP contribution in [-0.4, -0.2) is 11.1 Å². The Morgan fingerprint density at radius 3 is 2.33 bits per heavy atom. The molecule has 0 unspecified atom stereocenters. The first kappa shape index (κ1) is 8.71. The van der Waals surface area contributed by atoms with E-state index in [0.717, 1.165) is 11.4 Å². The summed E-state index contributed by atoms with van der Waals surface area (Å²) in [6.07, 6.45) is 0. The maximum Gasteiger partial charge on any atom is 0.370 e. The van der Waals surface area contributed by atoms with Crippen molar-refractivity contribution in [3.05, 3.63) is 29.6 Å². The second-order valence-electron chi connectivity index (χ2n) is 2.79. The minimum atomic E-state index is -0.808. The number of hydrogen-bond donors (Lipinski definition) is 1. The van der Waals surface area contributed by atoms with Crippen LogP contribution in [0.2, 0.25) is 0 Å². The van der Waals surface area contributed by atoms with E-state index in [1.807, 2.05) is 32.0 Å². The molecule has 1 rings (SSSR count). The van der Waals surface area contributed by atoms with Crippen molar-refractivity contribution in [3.8, 4) is 0 Å². The number of pyridine rings is 1. The van der Waals surface area contributed by atoms with Crippen molar-refractivity contribution < 1.29 is 14.5 Å². The maximum atomic E-state index is 10.5. The summed E-state index contributed by atoms with van der Waals surface area (Å²) in [5, 5.41) is 8.59. The van der Waals surface area contributed by atoms with Crippen LogP contribution in [0.4, 0.5) is 0 Å². The third kappa shape index (κ3) is 1.81. The summed E-state index contributed by atoms with van der Waals surface area (Å²) in [4.78, 5) is 10.5. The molecule has 1 aromatic heterocycles. The predicted molar refractivity (Wildman–Crippen MR) is 43.7 cm³/mol. The SMILES string of the molecule is Cc1cccc(C)[n+]1CC(=O)O. The molecule has 1 N–H and O–H groups in total. The fraction of sp³-hybridized carbons (Fsp3) is 0.333. The summed E-state index contributed by atoms with van der Waals surface area (Å²) < 4.78 is 1.77. The molecule has 0 fully saturated rings. The number of carboxylic acids is 1. The van der Waals surface area contributed by atoms with E-state index in [4.69, 9.17) is 5.11 Å². The molecule has 3 heteroatoms. The van der Waals surface area contributed by atoms with Crippen LogP contribution in [0, 0.1) is 13.8 Å². The van der Waals surface area contributed by atoms with E-state index in [-0.39, 0.29) is 6.54 Å². The molecule has 1 heterocycles. The van der Waals surface area contributed by atoms with Crippen molar-refractivity contribution in [3.63, 3.8) is 0 Å². The van der Waals surface area contributed by atoms with E-state index in [1.165, 1.54) is 0 Å². The van der Waals surface area contributed by atoms with Crippen LogP contribution in [0.1, 0.15) is 11.4 Å². The van der Waals surface area contributed by atoms with Gasteiger partial charge in [-0.3, -0.25) is 0 Å². The summed E-state index contributed by atoms with van der Waals surface area (Å²) in [7, 11) is 0. The Bertz CT molecular complexity index is 287. The zero-order chi connectivity index (χ0) is 9.14. The van der Waals surface area contributed by atoms with Crippen molar-refractivity contribution in [2.24, 2.45) is 0 Å². The minimum Gasteiger partial charge on any atom is -0.477 e. The van der Waals surface area contributed by atoms with Gasteiger partial charge in [-0.2, -0.15) is 4.57 Å². The molecule has 0 aliphatic carbocycles. The fourth-order valence-electron chi connectivity index (χ4n) is 1.17. The van der Waals surface area contributed by atoms with Gasteiger partial charge in [0.25, 0.3) is 0 Å². The number of aromatic nitrogens is 1. The number of aryl methyl sites for hydroxylation is 2. The van der Waals surface area contributed by atoms with E-state index in [1.54, 1.807) is 4.57 Å². The van der Waals surface area contributed by atoms with Crippen LogP contribution in [0.25, 0.3) is 0 Å². The normalized spacial score (nSPS) is 9.83. The molecule has 64 valence electrons. The molecule has 0 atom stereocenters. The predicted octanol–water partition coefficient (Wildman–Crippen LogP) is 0.676. The van der Waals surface area contributed by atoms with Crippen LogP contribution in [0.5, 0.6) is 0 Å². The molecule has 0 bridgehead atoms. The molecule has 0 aliphatic heterocycles. The molecule has 0 amide bonds.